The molecule has 3 rings (SSSR count). The van der Waals surface area contributed by atoms with Gasteiger partial charge < -0.3 is 69.5 Å². The van der Waals surface area contributed by atoms with Gasteiger partial charge in [0.25, 0.3) is 0 Å². The van der Waals surface area contributed by atoms with Gasteiger partial charge in [0, 0.05) is 38.1 Å². The Bertz CT molecular complexity index is 1230. The summed E-state index contributed by atoms with van der Waals surface area (Å²) in [5.41, 5.74) is -5.93. The normalized spacial score (nSPS) is 45.2. The third kappa shape index (κ3) is 11.0. The lowest BCUT2D eigenvalue weighted by molar-refractivity contribution is -0.336. The van der Waals surface area contributed by atoms with Crippen LogP contribution in [-0.2, 0) is 33.2 Å². The van der Waals surface area contributed by atoms with E-state index in [4.69, 9.17) is 28.4 Å². The second-order valence-electron chi connectivity index (χ2n) is 18.2. The quantitative estimate of drug-likeness (QED) is 0.105. The van der Waals surface area contributed by atoms with Gasteiger partial charge in [0.2, 0.25) is 0 Å². The van der Waals surface area contributed by atoms with Gasteiger partial charge in [-0.1, -0.05) is 27.7 Å². The van der Waals surface area contributed by atoms with Crippen LogP contribution in [0.4, 0.5) is 0 Å². The summed E-state index contributed by atoms with van der Waals surface area (Å²) < 4.78 is 38.4. The van der Waals surface area contributed by atoms with E-state index in [1.54, 1.807) is 34.6 Å². The van der Waals surface area contributed by atoms with Crippen LogP contribution in [0.2, 0.25) is 0 Å². The molecule has 3 aliphatic heterocycles. The van der Waals surface area contributed by atoms with Gasteiger partial charge in [-0.3, -0.25) is 4.79 Å². The van der Waals surface area contributed by atoms with Crippen molar-refractivity contribution in [1.29, 1.82) is 0 Å². The molecule has 3 fully saturated rings. The molecular weight excluding hydrogens is 726 g/mol. The lowest BCUT2D eigenvalue weighted by atomic mass is 9.75. The third-order valence-corrected chi connectivity index (χ3v) is 13.0. The number of cyclic esters (lactones) is 1. The van der Waals surface area contributed by atoms with Crippen molar-refractivity contribution in [2.75, 3.05) is 40.8 Å². The minimum atomic E-state index is -1.81. The topological polar surface area (TPSA) is 201 Å². The summed E-state index contributed by atoms with van der Waals surface area (Å²) in [7, 11) is 5.31. The van der Waals surface area contributed by atoms with E-state index in [1.807, 2.05) is 53.6 Å². The maximum absolute atomic E-state index is 14.5. The molecule has 0 spiro atoms. The van der Waals surface area contributed by atoms with Crippen LogP contribution in [0.5, 0.6) is 0 Å². The largest absolute Gasteiger partial charge is 0.457 e. The molecule has 56 heavy (non-hydrogen) atoms. The Kier molecular flexibility index (Phi) is 17.6. The molecule has 1 unspecified atom stereocenters. The minimum Gasteiger partial charge on any atom is -0.457 e. The molecule has 0 aromatic rings. The molecule has 7 N–H and O–H groups in total. The van der Waals surface area contributed by atoms with Gasteiger partial charge in [0.05, 0.1) is 42.0 Å². The number of hydrogen-bond donors (Lipinski definition) is 7. The van der Waals surface area contributed by atoms with Crippen molar-refractivity contribution < 1.29 is 58.7 Å². The SMILES string of the molecule is CCCNC[C@]1(O)[C@H](C)O[C@@H](O[C@@H]2[C@H](C)[C@@H](O[C@@H]3O[C@@H](C)C[C@H](N(C)C)[C@H]3O)[C@@](C)(O)C[C@@H](C)CN[C@@H](C)C([C@](C)(O)[C@@H](O)CC)OC(=O)[C@@H]2C)C[C@@]1(C)OC. The predicted molar refractivity (Wildman–Crippen MR) is 212 cm³/mol. The molecule has 330 valence electrons. The van der Waals surface area contributed by atoms with Crippen molar-refractivity contribution in [3.8, 4) is 0 Å². The molecule has 15 heteroatoms. The Morgan fingerprint density at radius 3 is 2.27 bits per heavy atom. The fraction of sp³-hybridized carbons (Fsp3) is 0.976. The van der Waals surface area contributed by atoms with Crippen molar-refractivity contribution in [3.63, 3.8) is 0 Å². The Labute approximate surface area is 336 Å². The predicted octanol–water partition coefficient (Wildman–Crippen LogP) is 1.93. The van der Waals surface area contributed by atoms with Gasteiger partial charge in [-0.2, -0.15) is 0 Å². The van der Waals surface area contributed by atoms with Crippen molar-refractivity contribution in [2.45, 2.75) is 198 Å². The molecule has 0 radical (unpaired) electrons. The number of rotatable bonds is 13. The van der Waals surface area contributed by atoms with Crippen molar-refractivity contribution in [1.82, 2.24) is 15.5 Å². The van der Waals surface area contributed by atoms with E-state index in [2.05, 4.69) is 10.6 Å². The zero-order chi connectivity index (χ0) is 42.6. The van der Waals surface area contributed by atoms with Gasteiger partial charge in [-0.05, 0) is 107 Å². The molecule has 0 aliphatic carbocycles. The molecule has 3 aliphatic rings. The van der Waals surface area contributed by atoms with E-state index in [0.717, 1.165) is 6.42 Å². The van der Waals surface area contributed by atoms with E-state index < -0.39 is 95.5 Å². The molecule has 3 heterocycles. The number of aliphatic hydroxyl groups excluding tert-OH is 2. The number of methoxy groups -OCH3 is 1. The number of likely N-dealkylation sites (N-methyl/N-ethyl adjacent to an activating group) is 1. The number of hydrogen-bond acceptors (Lipinski definition) is 15. The summed E-state index contributed by atoms with van der Waals surface area (Å²) in [6, 6.07) is -0.875. The number of nitrogens with one attached hydrogen (secondary N) is 2. The van der Waals surface area contributed by atoms with Crippen LogP contribution in [0.3, 0.4) is 0 Å². The van der Waals surface area contributed by atoms with Crippen LogP contribution < -0.4 is 10.6 Å². The van der Waals surface area contributed by atoms with Gasteiger partial charge >= 0.3 is 5.97 Å². The van der Waals surface area contributed by atoms with Crippen molar-refractivity contribution in [3.05, 3.63) is 0 Å². The summed E-state index contributed by atoms with van der Waals surface area (Å²) in [4.78, 5) is 16.4. The molecule has 0 aromatic heterocycles. The Morgan fingerprint density at radius 2 is 1.70 bits per heavy atom. The second-order valence-corrected chi connectivity index (χ2v) is 18.2. The molecule has 0 bridgehead atoms. The molecule has 18 atom stereocenters. The van der Waals surface area contributed by atoms with Crippen LogP contribution in [0.25, 0.3) is 0 Å². The van der Waals surface area contributed by atoms with Crippen molar-refractivity contribution in [2.24, 2.45) is 17.8 Å². The van der Waals surface area contributed by atoms with Gasteiger partial charge in [0.15, 0.2) is 12.6 Å². The van der Waals surface area contributed by atoms with E-state index >= 15 is 0 Å². The van der Waals surface area contributed by atoms with Crippen LogP contribution in [-0.4, -0.2) is 167 Å². The van der Waals surface area contributed by atoms with Gasteiger partial charge in [-0.25, -0.2) is 0 Å². The van der Waals surface area contributed by atoms with Crippen LogP contribution in [0.15, 0.2) is 0 Å². The number of esters is 1. The average molecular weight is 806 g/mol. The highest BCUT2D eigenvalue weighted by molar-refractivity contribution is 5.73. The zero-order valence-electron chi connectivity index (χ0n) is 36.8. The number of aliphatic hydroxyl groups is 5. The minimum absolute atomic E-state index is 0.0928. The molecule has 15 nitrogen and oxygen atoms in total. The zero-order valence-corrected chi connectivity index (χ0v) is 36.8. The van der Waals surface area contributed by atoms with Crippen molar-refractivity contribution >= 4 is 5.97 Å². The third-order valence-electron chi connectivity index (χ3n) is 13.0. The first-order valence-electron chi connectivity index (χ1n) is 20.9. The molecule has 0 amide bonds. The average Bonchev–Trinajstić information content (AvgIpc) is 3.12. The first-order chi connectivity index (χ1) is 25.9. The van der Waals surface area contributed by atoms with Gasteiger partial charge in [0.1, 0.15) is 29.0 Å². The number of carbonyl (C=O) groups is 1. The maximum atomic E-state index is 14.5. The summed E-state index contributed by atoms with van der Waals surface area (Å²) >= 11 is 0. The van der Waals surface area contributed by atoms with Crippen LogP contribution in [0, 0.1) is 17.8 Å². The number of nitrogens with zero attached hydrogens (tertiary/aromatic N) is 1. The summed E-state index contributed by atoms with van der Waals surface area (Å²) in [5.74, 6) is -2.67. The maximum Gasteiger partial charge on any atom is 0.311 e. The highest BCUT2D eigenvalue weighted by atomic mass is 16.7. The summed E-state index contributed by atoms with van der Waals surface area (Å²) in [6.45, 7) is 20.9. The standard InChI is InChI=1S/C41H79N3O12/c1-15-17-42-22-41(50)28(8)53-31(20-39(41,10)51-14)54-33-25(5)34(56-37-32(46)29(44(12)13)18-24(4)52-37)38(9,48)19-23(3)21-43-27(7)35(55-36(47)26(33)6)40(11,49)30(45)16-2/h23-35,37,42-43,45-46,48-50H,15-22H2,1-14H3/t23-,24+,25+,26-,27+,28+,29+,30+,31+,32-,33-,34-,35?,37+,38+,39-,40-,41+/m1/s1. The molecule has 3 saturated heterocycles. The highest BCUT2D eigenvalue weighted by Gasteiger charge is 2.58. The van der Waals surface area contributed by atoms with Crippen LogP contribution in [0.1, 0.15) is 108 Å². The Morgan fingerprint density at radius 1 is 1.05 bits per heavy atom. The lowest BCUT2D eigenvalue weighted by Crippen LogP contribution is -2.70. The van der Waals surface area contributed by atoms with Gasteiger partial charge in [-0.15, -0.1) is 0 Å². The number of carbonyl (C=O) groups excluding carboxylic acids is 1. The second kappa shape index (κ2) is 20.0. The highest BCUT2D eigenvalue weighted by Crippen LogP contribution is 2.43. The first-order valence-corrected chi connectivity index (χ1v) is 20.9. The monoisotopic (exact) mass is 806 g/mol. The fourth-order valence-corrected chi connectivity index (χ4v) is 9.21. The Balaban J connectivity index is 2.16. The molecular formula is C41H79N3O12. The lowest BCUT2D eigenvalue weighted by Gasteiger charge is -2.53. The summed E-state index contributed by atoms with van der Waals surface area (Å²) in [5, 5.41) is 65.4. The molecule has 0 saturated carbocycles. The smallest absolute Gasteiger partial charge is 0.311 e. The first kappa shape index (κ1) is 49.3. The van der Waals surface area contributed by atoms with E-state index in [1.165, 1.54) is 14.0 Å². The number of ether oxygens (including phenoxy) is 6. The van der Waals surface area contributed by atoms with Crippen LogP contribution >= 0.6 is 0 Å². The van der Waals surface area contributed by atoms with E-state index in [9.17, 15) is 30.3 Å². The van der Waals surface area contributed by atoms with E-state index in [-0.39, 0.29) is 43.9 Å². The van der Waals surface area contributed by atoms with E-state index in [0.29, 0.717) is 19.5 Å². The molecule has 0 aromatic carbocycles. The summed E-state index contributed by atoms with van der Waals surface area (Å²) in [6.07, 6.45) is -6.62. The Hall–Kier alpha value is -1.05. The fourth-order valence-electron chi connectivity index (χ4n) is 9.21.